The van der Waals surface area contributed by atoms with Crippen LogP contribution in [-0.4, -0.2) is 49.3 Å². The number of para-hydroxylation sites is 1. The van der Waals surface area contributed by atoms with E-state index in [4.69, 9.17) is 0 Å². The first-order chi connectivity index (χ1) is 15.6. The van der Waals surface area contributed by atoms with E-state index in [2.05, 4.69) is 37.1 Å². The molecule has 0 spiro atoms. The average molecular weight is 431 g/mol. The monoisotopic (exact) mass is 430 g/mol. The van der Waals surface area contributed by atoms with Crippen molar-refractivity contribution in [3.8, 4) is 5.69 Å². The molecule has 2 N–H and O–H groups in total. The second-order valence-electron chi connectivity index (χ2n) is 8.45. The predicted octanol–water partition coefficient (Wildman–Crippen LogP) is 2.53. The van der Waals surface area contributed by atoms with Gasteiger partial charge in [-0.2, -0.15) is 4.68 Å². The summed E-state index contributed by atoms with van der Waals surface area (Å²) in [5.74, 6) is 0.862. The van der Waals surface area contributed by atoms with Crippen LogP contribution in [0.5, 0.6) is 0 Å². The Bertz CT molecular complexity index is 1370. The molecule has 1 aliphatic rings. The molecule has 0 amide bonds. The number of nitrogens with zero attached hydrogens (tertiary/aromatic N) is 4. The molecule has 1 fully saturated rings. The first-order valence-electron chi connectivity index (χ1n) is 11.0. The van der Waals surface area contributed by atoms with E-state index in [1.54, 1.807) is 12.1 Å². The quantitative estimate of drug-likeness (QED) is 0.507. The molecular weight excluding hydrogens is 404 g/mol. The second kappa shape index (κ2) is 8.55. The predicted molar refractivity (Wildman–Crippen MR) is 123 cm³/mol. The van der Waals surface area contributed by atoms with Crippen LogP contribution in [0.15, 0.2) is 58.1 Å². The molecule has 3 aromatic heterocycles. The van der Waals surface area contributed by atoms with Crippen LogP contribution in [0.3, 0.4) is 0 Å². The highest BCUT2D eigenvalue weighted by Gasteiger charge is 2.25. The summed E-state index contributed by atoms with van der Waals surface area (Å²) in [7, 11) is 0. The van der Waals surface area contributed by atoms with Crippen LogP contribution < -0.4 is 11.2 Å². The molecular formula is C24H26N6O2. The molecule has 4 aromatic rings. The van der Waals surface area contributed by atoms with Crippen molar-refractivity contribution in [1.29, 1.82) is 0 Å². The van der Waals surface area contributed by atoms with Gasteiger partial charge in [-0.05, 0) is 50.6 Å². The lowest BCUT2D eigenvalue weighted by atomic mass is 9.97. The zero-order valence-corrected chi connectivity index (χ0v) is 18.0. The van der Waals surface area contributed by atoms with Crippen LogP contribution in [0.25, 0.3) is 16.6 Å². The maximum atomic E-state index is 12.8. The summed E-state index contributed by atoms with van der Waals surface area (Å²) < 4.78 is 1.36. The molecule has 8 heteroatoms. The fourth-order valence-corrected chi connectivity index (χ4v) is 4.52. The number of fused-ring (bicyclic) bond motifs is 1. The van der Waals surface area contributed by atoms with Crippen LogP contribution in [-0.2, 0) is 6.42 Å². The van der Waals surface area contributed by atoms with E-state index >= 15 is 0 Å². The van der Waals surface area contributed by atoms with Crippen molar-refractivity contribution < 1.29 is 0 Å². The Morgan fingerprint density at radius 3 is 2.81 bits per heavy atom. The van der Waals surface area contributed by atoms with Gasteiger partial charge in [-0.25, -0.2) is 4.79 Å². The molecule has 1 saturated heterocycles. The van der Waals surface area contributed by atoms with Gasteiger partial charge >= 0.3 is 5.69 Å². The molecule has 164 valence electrons. The van der Waals surface area contributed by atoms with Crippen LogP contribution in [0.4, 0.5) is 0 Å². The maximum Gasteiger partial charge on any atom is 0.348 e. The Morgan fingerprint density at radius 1 is 1.06 bits per heavy atom. The Kier molecular flexibility index (Phi) is 5.45. The smallest absolute Gasteiger partial charge is 0.320 e. The number of hydrogen-bond donors (Lipinski definition) is 2. The summed E-state index contributed by atoms with van der Waals surface area (Å²) in [6.07, 6.45) is 2.95. The summed E-state index contributed by atoms with van der Waals surface area (Å²) in [6, 6.07) is 14.9. The number of nitrogens with one attached hydrogen (secondary N) is 2. The number of likely N-dealkylation sites (tertiary alicyclic amines) is 1. The van der Waals surface area contributed by atoms with E-state index in [-0.39, 0.29) is 17.2 Å². The minimum absolute atomic E-state index is 0.164. The highest BCUT2D eigenvalue weighted by molar-refractivity contribution is 5.85. The van der Waals surface area contributed by atoms with Gasteiger partial charge in [-0.1, -0.05) is 18.2 Å². The van der Waals surface area contributed by atoms with Gasteiger partial charge in [0.15, 0.2) is 0 Å². The van der Waals surface area contributed by atoms with E-state index in [0.29, 0.717) is 17.0 Å². The van der Waals surface area contributed by atoms with Gasteiger partial charge in [-0.15, -0.1) is 5.10 Å². The standard InChI is InChI=1S/C24H26N6O2/c1-16-5-2-8-19(25-16)12-14-29-13-4-7-18(15-29)23-27-24(32)30(28-23)20-9-3-6-17-10-11-21(31)26-22(17)20/h2-3,5-6,8-11,18H,4,7,12-15H2,1H3,(H,26,31)(H,27,28,32). The van der Waals surface area contributed by atoms with Crippen LogP contribution >= 0.6 is 0 Å². The van der Waals surface area contributed by atoms with Crippen molar-refractivity contribution in [2.75, 3.05) is 19.6 Å². The number of hydrogen-bond acceptors (Lipinski definition) is 5. The van der Waals surface area contributed by atoms with Gasteiger partial charge in [0.05, 0.1) is 11.2 Å². The first kappa shape index (κ1) is 20.4. The van der Waals surface area contributed by atoms with Gasteiger partial charge in [0.25, 0.3) is 0 Å². The van der Waals surface area contributed by atoms with E-state index in [0.717, 1.165) is 55.7 Å². The fraction of sp³-hybridized carbons (Fsp3) is 0.333. The Morgan fingerprint density at radius 2 is 1.94 bits per heavy atom. The fourth-order valence-electron chi connectivity index (χ4n) is 4.52. The summed E-state index contributed by atoms with van der Waals surface area (Å²) in [6.45, 7) is 4.84. The normalized spacial score (nSPS) is 17.1. The number of piperidine rings is 1. The lowest BCUT2D eigenvalue weighted by Crippen LogP contribution is -2.36. The van der Waals surface area contributed by atoms with Gasteiger partial charge in [0, 0.05) is 48.3 Å². The number of H-pyrrole nitrogens is 2. The number of benzene rings is 1. The van der Waals surface area contributed by atoms with Crippen LogP contribution in [0, 0.1) is 6.92 Å². The van der Waals surface area contributed by atoms with E-state index in [1.807, 2.05) is 25.1 Å². The molecule has 0 radical (unpaired) electrons. The van der Waals surface area contributed by atoms with Crippen LogP contribution in [0.1, 0.15) is 36.0 Å². The van der Waals surface area contributed by atoms with Gasteiger partial charge in [-0.3, -0.25) is 14.8 Å². The van der Waals surface area contributed by atoms with Gasteiger partial charge in [0.1, 0.15) is 5.82 Å². The third-order valence-corrected chi connectivity index (χ3v) is 6.12. The Hall–Kier alpha value is -3.52. The number of rotatable bonds is 5. The van der Waals surface area contributed by atoms with Crippen LogP contribution in [0.2, 0.25) is 0 Å². The molecule has 32 heavy (non-hydrogen) atoms. The SMILES string of the molecule is Cc1cccc(CCN2CCCC(c3nn(-c4cccc5ccc(=O)[nH]c45)c(=O)[nH]3)C2)n1. The first-order valence-corrected chi connectivity index (χ1v) is 11.0. The van der Waals surface area contributed by atoms with Crippen molar-refractivity contribution in [3.05, 3.63) is 86.6 Å². The van der Waals surface area contributed by atoms with E-state index in [9.17, 15) is 9.59 Å². The molecule has 0 aliphatic carbocycles. The van der Waals surface area contributed by atoms with Crippen molar-refractivity contribution in [1.82, 2.24) is 29.6 Å². The van der Waals surface area contributed by atoms with E-state index in [1.165, 1.54) is 10.7 Å². The summed E-state index contributed by atoms with van der Waals surface area (Å²) in [5.41, 5.74) is 2.83. The third kappa shape index (κ3) is 4.13. The summed E-state index contributed by atoms with van der Waals surface area (Å²) in [4.78, 5) is 37.4. The summed E-state index contributed by atoms with van der Waals surface area (Å²) in [5, 5.41) is 5.49. The Balaban J connectivity index is 1.36. The molecule has 0 bridgehead atoms. The third-order valence-electron chi connectivity index (χ3n) is 6.12. The van der Waals surface area contributed by atoms with Crippen molar-refractivity contribution in [2.24, 2.45) is 0 Å². The highest BCUT2D eigenvalue weighted by Crippen LogP contribution is 2.25. The lowest BCUT2D eigenvalue weighted by molar-refractivity contribution is 0.206. The number of aromatic nitrogens is 5. The van der Waals surface area contributed by atoms with Gasteiger partial charge in [0.2, 0.25) is 5.56 Å². The molecule has 8 nitrogen and oxygen atoms in total. The average Bonchev–Trinajstić information content (AvgIpc) is 3.19. The van der Waals surface area contributed by atoms with Crippen molar-refractivity contribution >= 4 is 10.9 Å². The van der Waals surface area contributed by atoms with Crippen molar-refractivity contribution in [3.63, 3.8) is 0 Å². The number of aryl methyl sites for hydroxylation is 1. The molecule has 1 atom stereocenters. The topological polar surface area (TPSA) is 99.7 Å². The zero-order valence-electron chi connectivity index (χ0n) is 18.0. The lowest BCUT2D eigenvalue weighted by Gasteiger charge is -2.31. The minimum atomic E-state index is -0.293. The Labute approximate surface area is 184 Å². The highest BCUT2D eigenvalue weighted by atomic mass is 16.2. The van der Waals surface area contributed by atoms with E-state index < -0.39 is 0 Å². The molecule has 5 rings (SSSR count). The number of aromatic amines is 2. The summed E-state index contributed by atoms with van der Waals surface area (Å²) >= 11 is 0. The molecule has 1 aromatic carbocycles. The minimum Gasteiger partial charge on any atom is -0.320 e. The van der Waals surface area contributed by atoms with Crippen molar-refractivity contribution in [2.45, 2.75) is 32.1 Å². The zero-order chi connectivity index (χ0) is 22.1. The molecule has 0 saturated carbocycles. The largest absolute Gasteiger partial charge is 0.348 e. The molecule has 1 unspecified atom stereocenters. The van der Waals surface area contributed by atoms with Gasteiger partial charge < -0.3 is 9.88 Å². The molecule has 4 heterocycles. The maximum absolute atomic E-state index is 12.8. The second-order valence-corrected chi connectivity index (χ2v) is 8.45. The molecule has 1 aliphatic heterocycles. The number of pyridine rings is 2.